The first kappa shape index (κ1) is 19.2. The molecule has 0 aromatic heterocycles. The van der Waals surface area contributed by atoms with Gasteiger partial charge in [-0.15, -0.1) is 0 Å². The zero-order chi connectivity index (χ0) is 10.1. The summed E-state index contributed by atoms with van der Waals surface area (Å²) in [6.45, 7) is 0. The summed E-state index contributed by atoms with van der Waals surface area (Å²) in [5.74, 6) is -2.44. The summed E-state index contributed by atoms with van der Waals surface area (Å²) in [6.07, 6.45) is -0.766. The van der Waals surface area contributed by atoms with Crippen molar-refractivity contribution < 1.29 is 80.7 Å². The summed E-state index contributed by atoms with van der Waals surface area (Å²) >= 11 is -3.76. The third-order valence-electron chi connectivity index (χ3n) is 0.543. The third-order valence-corrected chi connectivity index (χ3v) is 0.543. The molecule has 0 aliphatic carbocycles. The smallest absolute Gasteiger partial charge is 0.550 e. The Bertz CT molecular complexity index is 133. The van der Waals surface area contributed by atoms with Crippen LogP contribution in [0.4, 0.5) is 0 Å². The Hall–Kier alpha value is 0.550. The zero-order valence-corrected chi connectivity index (χ0v) is 10.9. The minimum atomic E-state index is -3.76. The first-order valence-electron chi connectivity index (χ1n) is 2.52. The van der Waals surface area contributed by atoms with Gasteiger partial charge in [0.1, 0.15) is 0 Å². The number of carbonyl (C=O) groups excluding carboxylic acids is 1. The third kappa shape index (κ3) is 45.3. The number of hydrogen-bond donors (Lipinski definition) is 2. The van der Waals surface area contributed by atoms with Crippen LogP contribution in [-0.2, 0) is 9.59 Å². The van der Waals surface area contributed by atoms with Crippen LogP contribution in [0.1, 0.15) is 12.8 Å². The molecule has 0 unspecified atom stereocenters. The zero-order valence-electron chi connectivity index (χ0n) is 6.73. The summed E-state index contributed by atoms with van der Waals surface area (Å²) < 4.78 is 24.5. The molecule has 0 radical (unpaired) electrons. The molecular formula is C4H6INaO7. The standard InChI is InChI=1S/C4H6O4.HIO3.Na/c5-3(6)1-2-4(7)8;2-1(3)4;/h1-2H2,(H,5,6)(H,7,8);2H;/q;;+1/p-1. The van der Waals surface area contributed by atoms with Crippen molar-refractivity contribution in [3.8, 4) is 0 Å². The van der Waals surface area contributed by atoms with Crippen LogP contribution in [-0.4, -0.2) is 20.5 Å². The van der Waals surface area contributed by atoms with Crippen LogP contribution in [0.5, 0.6) is 0 Å². The maximum absolute atomic E-state index is 9.61. The van der Waals surface area contributed by atoms with E-state index < -0.39 is 39.4 Å². The Balaban J connectivity index is -0.000000173. The van der Waals surface area contributed by atoms with Gasteiger partial charge < -0.3 is 21.9 Å². The predicted octanol–water partition coefficient (Wildman–Crippen LogP) is -10.3. The molecule has 72 valence electrons. The van der Waals surface area contributed by atoms with Crippen LogP contribution in [0.2, 0.25) is 0 Å². The van der Waals surface area contributed by atoms with Crippen LogP contribution in [0, 0.1) is 0 Å². The second kappa shape index (κ2) is 12.6. The largest absolute Gasteiger partial charge is 1.00 e. The second-order valence-corrected chi connectivity index (χ2v) is 2.61. The summed E-state index contributed by atoms with van der Waals surface area (Å²) in [4.78, 5) is 19.1. The maximum atomic E-state index is 9.61. The van der Waals surface area contributed by atoms with Gasteiger partial charge in [0.2, 0.25) is 0 Å². The van der Waals surface area contributed by atoms with Crippen molar-refractivity contribution in [3.05, 3.63) is 0 Å². The van der Waals surface area contributed by atoms with E-state index in [1.807, 2.05) is 0 Å². The number of hydrogen-bond acceptors (Lipinski definition) is 6. The first-order valence-corrected chi connectivity index (χ1v) is 5.25. The van der Waals surface area contributed by atoms with E-state index >= 15 is 0 Å². The van der Waals surface area contributed by atoms with Gasteiger partial charge in [-0.3, -0.25) is 4.79 Å². The van der Waals surface area contributed by atoms with Crippen molar-refractivity contribution in [2.45, 2.75) is 12.8 Å². The molecule has 0 aromatic carbocycles. The molecule has 0 heterocycles. The van der Waals surface area contributed by atoms with Crippen LogP contribution >= 0.6 is 0 Å². The molecule has 0 saturated carbocycles. The van der Waals surface area contributed by atoms with Crippen molar-refractivity contribution in [2.75, 3.05) is 0 Å². The fourth-order valence-corrected chi connectivity index (χ4v) is 0.209. The molecule has 9 heteroatoms. The minimum absolute atomic E-state index is 0. The Morgan fingerprint density at radius 3 is 1.62 bits per heavy atom. The van der Waals surface area contributed by atoms with Crippen LogP contribution in [0.3, 0.4) is 0 Å². The number of aliphatic carboxylic acids is 2. The molecule has 0 spiro atoms. The van der Waals surface area contributed by atoms with Crippen molar-refractivity contribution in [1.29, 1.82) is 0 Å². The number of rotatable bonds is 3. The summed E-state index contributed by atoms with van der Waals surface area (Å²) in [5.41, 5.74) is 0. The minimum Gasteiger partial charge on any atom is -0.550 e. The Morgan fingerprint density at radius 2 is 1.54 bits per heavy atom. The van der Waals surface area contributed by atoms with Crippen LogP contribution < -0.4 is 62.6 Å². The number of carboxylic acid groups (broad SMARTS) is 2. The number of carbonyl (C=O) groups is 2. The van der Waals surface area contributed by atoms with E-state index in [0.29, 0.717) is 0 Å². The van der Waals surface area contributed by atoms with Gasteiger partial charge in [-0.05, 0) is 9.86 Å². The predicted molar refractivity (Wildman–Crippen MR) is 24.1 cm³/mol. The van der Waals surface area contributed by atoms with E-state index in [9.17, 15) is 14.7 Å². The average Bonchev–Trinajstić information content (AvgIpc) is 1.82. The Labute approximate surface area is 105 Å². The van der Waals surface area contributed by atoms with Gasteiger partial charge in [0, 0.05) is 5.97 Å². The van der Waals surface area contributed by atoms with E-state index in [4.69, 9.17) is 15.4 Å². The molecule has 0 bridgehead atoms. The summed E-state index contributed by atoms with van der Waals surface area (Å²) in [7, 11) is 0. The molecule has 13 heavy (non-hydrogen) atoms. The van der Waals surface area contributed by atoms with Crippen molar-refractivity contribution in [2.24, 2.45) is 0 Å². The topological polar surface area (TPSA) is 144 Å². The summed E-state index contributed by atoms with van der Waals surface area (Å²) in [6, 6.07) is 0. The average molecular weight is 316 g/mol. The fraction of sp³-hybridized carbons (Fsp3) is 0.500. The Morgan fingerprint density at radius 1 is 1.23 bits per heavy atom. The molecule has 0 aliphatic rings. The van der Waals surface area contributed by atoms with Gasteiger partial charge in [0.15, 0.2) is 0 Å². The fourth-order valence-electron chi connectivity index (χ4n) is 0.209. The molecule has 0 aromatic rings. The van der Waals surface area contributed by atoms with Gasteiger partial charge in [0.05, 0.1) is 6.42 Å². The molecule has 0 aliphatic heterocycles. The SMILES string of the molecule is O=C([O-])CCC(=O)O.[Na+].[O-][I+2]([O-])O. The molecule has 0 atom stereocenters. The van der Waals surface area contributed by atoms with Crippen molar-refractivity contribution in [3.63, 3.8) is 0 Å². The maximum Gasteiger partial charge on any atom is 1.00 e. The van der Waals surface area contributed by atoms with Gasteiger partial charge in [0.25, 0.3) is 0 Å². The molecule has 0 fully saturated rings. The van der Waals surface area contributed by atoms with E-state index in [2.05, 4.69) is 0 Å². The molecule has 0 amide bonds. The molecule has 7 nitrogen and oxygen atoms in total. The molecule has 0 rings (SSSR count). The molecule has 0 saturated heterocycles. The number of carboxylic acids is 2. The van der Waals surface area contributed by atoms with Gasteiger partial charge in [-0.1, -0.05) is 0 Å². The summed E-state index contributed by atoms with van der Waals surface area (Å²) in [5, 5.41) is 17.4. The van der Waals surface area contributed by atoms with Gasteiger partial charge >= 0.3 is 56.6 Å². The van der Waals surface area contributed by atoms with Crippen LogP contribution in [0.15, 0.2) is 0 Å². The normalized spacial score (nSPS) is 8.00. The van der Waals surface area contributed by atoms with E-state index in [0.717, 1.165) is 0 Å². The van der Waals surface area contributed by atoms with Crippen molar-refractivity contribution >= 4 is 11.9 Å². The Kier molecular flexibility index (Phi) is 18.5. The van der Waals surface area contributed by atoms with Crippen LogP contribution in [0.25, 0.3) is 0 Å². The van der Waals surface area contributed by atoms with E-state index in [-0.39, 0.29) is 36.0 Å². The number of halogens is 1. The second-order valence-electron chi connectivity index (χ2n) is 1.47. The quantitative estimate of drug-likeness (QED) is 0.388. The van der Waals surface area contributed by atoms with Gasteiger partial charge in [-0.2, -0.15) is 0 Å². The monoisotopic (exact) mass is 316 g/mol. The molecule has 2 N–H and O–H groups in total. The molecular weight excluding hydrogens is 310 g/mol. The first-order chi connectivity index (χ1) is 5.36. The van der Waals surface area contributed by atoms with Crippen molar-refractivity contribution in [1.82, 2.24) is 0 Å². The van der Waals surface area contributed by atoms with E-state index in [1.165, 1.54) is 0 Å². The van der Waals surface area contributed by atoms with Gasteiger partial charge in [-0.25, -0.2) is 0 Å². The van der Waals surface area contributed by atoms with E-state index in [1.54, 1.807) is 0 Å².